The molecule has 4 heteroatoms. The van der Waals surface area contributed by atoms with E-state index in [2.05, 4.69) is 179 Å². The average molecular weight is 673 g/mol. The summed E-state index contributed by atoms with van der Waals surface area (Å²) in [4.78, 5) is 2.48. The molecule has 0 amide bonds. The molecule has 0 N–H and O–H groups in total. The third kappa shape index (κ3) is 4.07. The Morgan fingerprint density at radius 1 is 0.400 bits per heavy atom. The zero-order valence-corrected chi connectivity index (χ0v) is 28.5. The average Bonchev–Trinajstić information content (AvgIpc) is 3.85. The third-order valence-corrected chi connectivity index (χ3v) is 12.5. The van der Waals surface area contributed by atoms with Crippen LogP contribution < -0.4 is 4.90 Å². The molecule has 0 saturated carbocycles. The van der Waals surface area contributed by atoms with Crippen LogP contribution in [0.5, 0.6) is 0 Å². The van der Waals surface area contributed by atoms with Gasteiger partial charge in [0.2, 0.25) is 0 Å². The third-order valence-electron chi connectivity index (χ3n) is 10.2. The van der Waals surface area contributed by atoms with E-state index in [0.717, 1.165) is 22.7 Å². The molecule has 0 atom stereocenters. The highest BCUT2D eigenvalue weighted by Crippen LogP contribution is 2.47. The van der Waals surface area contributed by atoms with E-state index < -0.39 is 0 Å². The molecule has 3 aromatic heterocycles. The highest BCUT2D eigenvalue weighted by atomic mass is 32.1. The summed E-state index contributed by atoms with van der Waals surface area (Å²) >= 11 is 3.76. The second-order valence-electron chi connectivity index (χ2n) is 12.9. The van der Waals surface area contributed by atoms with Gasteiger partial charge in [0.1, 0.15) is 0 Å². The first kappa shape index (κ1) is 28.0. The number of benzene rings is 8. The van der Waals surface area contributed by atoms with Crippen LogP contribution in [0.2, 0.25) is 0 Å². The normalized spacial score (nSPS) is 12.0. The Balaban J connectivity index is 1.23. The number of thiophene rings is 2. The number of fused-ring (bicyclic) bond motifs is 11. The van der Waals surface area contributed by atoms with Crippen molar-refractivity contribution in [2.75, 3.05) is 4.90 Å². The van der Waals surface area contributed by atoms with Crippen LogP contribution in [0.4, 0.5) is 17.1 Å². The van der Waals surface area contributed by atoms with Gasteiger partial charge in [-0.25, -0.2) is 0 Å². The van der Waals surface area contributed by atoms with E-state index in [9.17, 15) is 0 Å². The molecule has 0 bridgehead atoms. The molecule has 50 heavy (non-hydrogen) atoms. The number of aromatic nitrogens is 1. The van der Waals surface area contributed by atoms with Crippen molar-refractivity contribution in [3.8, 4) is 5.69 Å². The van der Waals surface area contributed by atoms with E-state index in [0.29, 0.717) is 0 Å². The molecule has 0 aliphatic carbocycles. The summed E-state index contributed by atoms with van der Waals surface area (Å²) in [6.45, 7) is 0. The fourth-order valence-electron chi connectivity index (χ4n) is 7.94. The van der Waals surface area contributed by atoms with Crippen molar-refractivity contribution in [2.45, 2.75) is 0 Å². The fourth-order valence-corrected chi connectivity index (χ4v) is 10.3. The molecule has 2 nitrogen and oxygen atoms in total. The number of nitrogens with zero attached hydrogens (tertiary/aromatic N) is 2. The molecule has 234 valence electrons. The highest BCUT2D eigenvalue weighted by molar-refractivity contribution is 7.26. The molecule has 0 aliphatic rings. The van der Waals surface area contributed by atoms with E-state index >= 15 is 0 Å². The van der Waals surface area contributed by atoms with Gasteiger partial charge in [0, 0.05) is 68.2 Å². The van der Waals surface area contributed by atoms with Gasteiger partial charge >= 0.3 is 0 Å². The summed E-state index contributed by atoms with van der Waals surface area (Å²) < 4.78 is 7.70. The van der Waals surface area contributed by atoms with Gasteiger partial charge in [0.05, 0.1) is 16.7 Å². The van der Waals surface area contributed by atoms with Crippen molar-refractivity contribution in [1.29, 1.82) is 0 Å². The van der Waals surface area contributed by atoms with Gasteiger partial charge in [-0.05, 0) is 71.4 Å². The lowest BCUT2D eigenvalue weighted by Gasteiger charge is -2.27. The number of hydrogen-bond donors (Lipinski definition) is 0. The molecular weight excluding hydrogens is 645 g/mol. The maximum atomic E-state index is 2.48. The zero-order chi connectivity index (χ0) is 32.8. The monoisotopic (exact) mass is 672 g/mol. The Bertz CT molecular complexity index is 3110. The Morgan fingerprint density at radius 3 is 2.00 bits per heavy atom. The number of para-hydroxylation sites is 3. The maximum Gasteiger partial charge on any atom is 0.0782 e. The lowest BCUT2D eigenvalue weighted by Crippen LogP contribution is -2.11. The molecule has 0 saturated heterocycles. The Kier molecular flexibility index (Phi) is 6.03. The predicted molar refractivity (Wildman–Crippen MR) is 219 cm³/mol. The van der Waals surface area contributed by atoms with Crippen LogP contribution in [0.3, 0.4) is 0 Å². The summed E-state index contributed by atoms with van der Waals surface area (Å²) in [6, 6.07) is 62.5. The van der Waals surface area contributed by atoms with E-state index in [1.807, 2.05) is 22.7 Å². The van der Waals surface area contributed by atoms with Crippen LogP contribution in [-0.4, -0.2) is 4.57 Å². The standard InChI is InChI=1S/C46H28N2S2/c1-2-12-30(13-3-1)48-40-18-8-6-15-34(40)37-17-10-19-41(45(37)48)47(32-22-25-36-35-16-7-9-20-42(35)49-44(36)28-32)31-23-26-43-39(27-31)38-24-21-29-11-4-5-14-33(29)46(38)50-43/h1-28H. The van der Waals surface area contributed by atoms with Crippen molar-refractivity contribution < 1.29 is 0 Å². The fraction of sp³-hybridized carbons (Fsp3) is 0. The van der Waals surface area contributed by atoms with Crippen LogP contribution in [0.1, 0.15) is 0 Å². The first-order valence-corrected chi connectivity index (χ1v) is 18.6. The van der Waals surface area contributed by atoms with E-state index in [1.54, 1.807) is 0 Å². The molecule has 3 heterocycles. The van der Waals surface area contributed by atoms with Crippen molar-refractivity contribution in [2.24, 2.45) is 0 Å². The number of anilines is 3. The Morgan fingerprint density at radius 2 is 1.08 bits per heavy atom. The van der Waals surface area contributed by atoms with Gasteiger partial charge in [-0.3, -0.25) is 0 Å². The predicted octanol–water partition coefficient (Wildman–Crippen LogP) is 14.1. The smallest absolute Gasteiger partial charge is 0.0782 e. The van der Waals surface area contributed by atoms with E-state index in [-0.39, 0.29) is 0 Å². The first-order valence-electron chi connectivity index (χ1n) is 16.9. The van der Waals surface area contributed by atoms with E-state index in [4.69, 9.17) is 0 Å². The van der Waals surface area contributed by atoms with Crippen LogP contribution in [0.25, 0.3) is 78.6 Å². The van der Waals surface area contributed by atoms with Crippen molar-refractivity contribution in [1.82, 2.24) is 4.57 Å². The van der Waals surface area contributed by atoms with Crippen LogP contribution >= 0.6 is 22.7 Å². The molecule has 8 aromatic carbocycles. The summed E-state index contributed by atoms with van der Waals surface area (Å²) in [6.07, 6.45) is 0. The van der Waals surface area contributed by atoms with Gasteiger partial charge in [0.25, 0.3) is 0 Å². The van der Waals surface area contributed by atoms with Crippen molar-refractivity contribution in [3.05, 3.63) is 170 Å². The highest BCUT2D eigenvalue weighted by Gasteiger charge is 2.23. The molecule has 11 rings (SSSR count). The van der Waals surface area contributed by atoms with Gasteiger partial charge in [-0.15, -0.1) is 22.7 Å². The second-order valence-corrected chi connectivity index (χ2v) is 15.1. The quantitative estimate of drug-likeness (QED) is 0.181. The molecule has 0 spiro atoms. The summed E-state index contributed by atoms with van der Waals surface area (Å²) in [7, 11) is 0. The lowest BCUT2D eigenvalue weighted by molar-refractivity contribution is 1.17. The van der Waals surface area contributed by atoms with Gasteiger partial charge in [-0.1, -0.05) is 109 Å². The van der Waals surface area contributed by atoms with Gasteiger partial charge in [0.15, 0.2) is 0 Å². The topological polar surface area (TPSA) is 8.17 Å². The minimum atomic E-state index is 1.14. The Labute approximate surface area is 296 Å². The van der Waals surface area contributed by atoms with Crippen molar-refractivity contribution >= 4 is 113 Å². The molecule has 11 aromatic rings. The molecule has 0 unspecified atom stereocenters. The van der Waals surface area contributed by atoms with Crippen LogP contribution in [-0.2, 0) is 0 Å². The summed E-state index contributed by atoms with van der Waals surface area (Å²) in [5, 5.41) is 10.3. The lowest BCUT2D eigenvalue weighted by atomic mass is 10.0. The summed E-state index contributed by atoms with van der Waals surface area (Å²) in [5.74, 6) is 0. The molecule has 0 fully saturated rings. The molecule has 0 radical (unpaired) electrons. The zero-order valence-electron chi connectivity index (χ0n) is 26.9. The largest absolute Gasteiger partial charge is 0.308 e. The molecular formula is C46H28N2S2. The molecule has 0 aliphatic heterocycles. The van der Waals surface area contributed by atoms with Crippen LogP contribution in [0, 0.1) is 0 Å². The summed E-state index contributed by atoms with van der Waals surface area (Å²) in [5.41, 5.74) is 6.98. The SMILES string of the molecule is c1ccc(-n2c3ccccc3c3cccc(N(c4ccc5c(c4)sc4ccccc45)c4ccc5sc6c7ccccc7ccc6c5c4)c32)cc1. The van der Waals surface area contributed by atoms with Crippen molar-refractivity contribution in [3.63, 3.8) is 0 Å². The minimum absolute atomic E-state index is 1.14. The van der Waals surface area contributed by atoms with Crippen LogP contribution in [0.15, 0.2) is 170 Å². The van der Waals surface area contributed by atoms with Gasteiger partial charge in [-0.2, -0.15) is 0 Å². The minimum Gasteiger partial charge on any atom is -0.308 e. The van der Waals surface area contributed by atoms with Gasteiger partial charge < -0.3 is 9.47 Å². The number of hydrogen-bond acceptors (Lipinski definition) is 3. The Hall–Kier alpha value is -5.94. The maximum absolute atomic E-state index is 2.48. The second kappa shape index (κ2) is 10.8. The van der Waals surface area contributed by atoms with E-state index in [1.165, 1.54) is 72.9 Å². The first-order chi connectivity index (χ1) is 24.8. The number of rotatable bonds is 4.